The van der Waals surface area contributed by atoms with E-state index in [1.807, 2.05) is 103 Å². The zero-order valence-corrected chi connectivity index (χ0v) is 21.5. The highest BCUT2D eigenvalue weighted by molar-refractivity contribution is 5.94. The van der Waals surface area contributed by atoms with Gasteiger partial charge >= 0.3 is 0 Å². The Balaban J connectivity index is 1.38. The predicted molar refractivity (Wildman–Crippen MR) is 148 cm³/mol. The lowest BCUT2D eigenvalue weighted by Gasteiger charge is -2.25. The van der Waals surface area contributed by atoms with Gasteiger partial charge in [-0.25, -0.2) is 4.98 Å². The first-order valence-corrected chi connectivity index (χ1v) is 13.0. The lowest BCUT2D eigenvalue weighted by Crippen LogP contribution is -2.43. The highest BCUT2D eigenvalue weighted by atomic mass is 16.5. The van der Waals surface area contributed by atoms with E-state index >= 15 is 0 Å². The quantitative estimate of drug-likeness (QED) is 0.344. The lowest BCUT2D eigenvalue weighted by molar-refractivity contribution is -0.135. The topological polar surface area (TPSA) is 76.5 Å². The molecule has 1 aliphatic rings. The van der Waals surface area contributed by atoms with Crippen molar-refractivity contribution >= 4 is 17.8 Å². The van der Waals surface area contributed by atoms with Crippen LogP contribution in [0.3, 0.4) is 0 Å². The van der Waals surface area contributed by atoms with Crippen LogP contribution in [0.15, 0.2) is 91.1 Å². The number of amides is 2. The number of ether oxygens (including phenoxy) is 1. The minimum absolute atomic E-state index is 0.0542. The molecule has 7 nitrogen and oxygen atoms in total. The van der Waals surface area contributed by atoms with E-state index in [9.17, 15) is 9.59 Å². The van der Waals surface area contributed by atoms with E-state index in [1.165, 1.54) is 0 Å². The van der Waals surface area contributed by atoms with Crippen molar-refractivity contribution < 1.29 is 14.3 Å². The summed E-state index contributed by atoms with van der Waals surface area (Å²) >= 11 is 0. The van der Waals surface area contributed by atoms with Crippen molar-refractivity contribution in [3.8, 4) is 16.9 Å². The second kappa shape index (κ2) is 11.9. The van der Waals surface area contributed by atoms with Crippen LogP contribution in [0.1, 0.15) is 24.0 Å². The van der Waals surface area contributed by atoms with Crippen LogP contribution in [-0.2, 0) is 20.7 Å². The SMILES string of the molecule is Cc1cccc(-n2cc(-c3ccccc3)nc2NC(=O)CN(C[C@@H]2CCCO2)C(=O)Cc2ccccc2)c1. The number of aryl methyl sites for hydroxylation is 1. The zero-order valence-electron chi connectivity index (χ0n) is 21.5. The number of rotatable bonds is 9. The molecule has 194 valence electrons. The maximum absolute atomic E-state index is 13.4. The van der Waals surface area contributed by atoms with Crippen LogP contribution in [0.25, 0.3) is 16.9 Å². The van der Waals surface area contributed by atoms with Crippen LogP contribution in [0.5, 0.6) is 0 Å². The third-order valence-corrected chi connectivity index (χ3v) is 6.64. The minimum atomic E-state index is -0.302. The summed E-state index contributed by atoms with van der Waals surface area (Å²) in [4.78, 5) is 33.0. The maximum Gasteiger partial charge on any atom is 0.246 e. The smallest absolute Gasteiger partial charge is 0.246 e. The molecule has 38 heavy (non-hydrogen) atoms. The molecule has 7 heteroatoms. The van der Waals surface area contributed by atoms with Crippen molar-refractivity contribution in [2.45, 2.75) is 32.3 Å². The van der Waals surface area contributed by atoms with Crippen molar-refractivity contribution in [1.29, 1.82) is 0 Å². The molecule has 1 saturated heterocycles. The Labute approximate surface area is 223 Å². The number of aromatic nitrogens is 2. The molecule has 3 aromatic carbocycles. The van der Waals surface area contributed by atoms with Gasteiger partial charge in [-0.15, -0.1) is 0 Å². The van der Waals surface area contributed by atoms with Crippen molar-refractivity contribution in [2.75, 3.05) is 25.0 Å². The molecule has 0 saturated carbocycles. The molecule has 0 aliphatic carbocycles. The van der Waals surface area contributed by atoms with Crippen LogP contribution >= 0.6 is 0 Å². The van der Waals surface area contributed by atoms with E-state index in [2.05, 4.69) is 5.32 Å². The van der Waals surface area contributed by atoms with Gasteiger partial charge in [0.1, 0.15) is 6.54 Å². The predicted octanol–water partition coefficient (Wildman–Crippen LogP) is 5.04. The molecule has 0 unspecified atom stereocenters. The van der Waals surface area contributed by atoms with Gasteiger partial charge in [-0.3, -0.25) is 19.5 Å². The minimum Gasteiger partial charge on any atom is -0.376 e. The second-order valence-corrected chi connectivity index (χ2v) is 9.64. The Morgan fingerprint density at radius 3 is 2.50 bits per heavy atom. The molecule has 4 aromatic rings. The Hall–Kier alpha value is -4.23. The number of anilines is 1. The molecule has 1 aromatic heterocycles. The van der Waals surface area contributed by atoms with E-state index in [1.54, 1.807) is 4.90 Å². The number of carbonyl (C=O) groups excluding carboxylic acids is 2. The summed E-state index contributed by atoms with van der Waals surface area (Å²) in [5, 5.41) is 2.97. The van der Waals surface area contributed by atoms with Gasteiger partial charge in [-0.1, -0.05) is 72.8 Å². The number of imidazole rings is 1. The van der Waals surface area contributed by atoms with Gasteiger partial charge in [0.2, 0.25) is 17.8 Å². The molecular formula is C31H32N4O3. The third kappa shape index (κ3) is 6.36. The fourth-order valence-electron chi connectivity index (χ4n) is 4.70. The summed E-state index contributed by atoms with van der Waals surface area (Å²) in [6, 6.07) is 27.5. The van der Waals surface area contributed by atoms with Crippen LogP contribution < -0.4 is 5.32 Å². The van der Waals surface area contributed by atoms with Crippen LogP contribution in [0.2, 0.25) is 0 Å². The second-order valence-electron chi connectivity index (χ2n) is 9.64. The Bertz CT molecular complexity index is 1380. The number of nitrogens with zero attached hydrogens (tertiary/aromatic N) is 3. The van der Waals surface area contributed by atoms with Gasteiger partial charge in [0.25, 0.3) is 0 Å². The summed E-state index contributed by atoms with van der Waals surface area (Å²) in [6.45, 7) is 3.03. The summed E-state index contributed by atoms with van der Waals surface area (Å²) in [7, 11) is 0. The molecule has 0 spiro atoms. The average Bonchev–Trinajstić information content (AvgIpc) is 3.60. The van der Waals surface area contributed by atoms with Crippen LogP contribution in [0.4, 0.5) is 5.95 Å². The lowest BCUT2D eigenvalue weighted by atomic mass is 10.1. The van der Waals surface area contributed by atoms with Crippen LogP contribution in [-0.4, -0.2) is 52.1 Å². The largest absolute Gasteiger partial charge is 0.376 e. The molecule has 2 amide bonds. The first-order valence-electron chi connectivity index (χ1n) is 13.0. The van der Waals surface area contributed by atoms with Gasteiger partial charge in [0.05, 0.1) is 18.2 Å². The molecule has 5 rings (SSSR count). The number of carbonyl (C=O) groups is 2. The number of benzene rings is 3. The molecule has 2 heterocycles. The highest BCUT2D eigenvalue weighted by Gasteiger charge is 2.25. The standard InChI is InChI=1S/C31H32N4O3/c1-23-10-8-15-26(18-23)35-21-28(25-13-6-3-7-14-25)32-31(35)33-29(36)22-34(20-27-16-9-17-38-27)30(37)19-24-11-4-2-5-12-24/h2-8,10-15,18,21,27H,9,16-17,19-20,22H2,1H3,(H,32,33,36)/t27-/m0/s1. The molecule has 0 radical (unpaired) electrons. The van der Waals surface area contributed by atoms with Crippen molar-refractivity contribution in [1.82, 2.24) is 14.5 Å². The summed E-state index contributed by atoms with van der Waals surface area (Å²) in [6.07, 6.45) is 3.95. The molecule has 1 aliphatic heterocycles. The van der Waals surface area contributed by atoms with Gasteiger partial charge in [-0.05, 0) is 43.0 Å². The Kier molecular flexibility index (Phi) is 7.95. The highest BCUT2D eigenvalue weighted by Crippen LogP contribution is 2.25. The molecule has 0 bridgehead atoms. The normalized spacial score (nSPS) is 14.8. The van der Waals surface area contributed by atoms with E-state index in [4.69, 9.17) is 9.72 Å². The van der Waals surface area contributed by atoms with Gasteiger partial charge < -0.3 is 9.64 Å². The summed E-state index contributed by atoms with van der Waals surface area (Å²) in [5.41, 5.74) is 4.61. The van der Waals surface area contributed by atoms with Crippen molar-refractivity contribution in [3.05, 3.63) is 102 Å². The average molecular weight is 509 g/mol. The Morgan fingerprint density at radius 2 is 1.79 bits per heavy atom. The number of hydrogen-bond donors (Lipinski definition) is 1. The van der Waals surface area contributed by atoms with E-state index in [0.717, 1.165) is 40.9 Å². The molecular weight excluding hydrogens is 476 g/mol. The monoisotopic (exact) mass is 508 g/mol. The first kappa shape index (κ1) is 25.4. The van der Waals surface area contributed by atoms with Gasteiger partial charge in [-0.2, -0.15) is 0 Å². The number of hydrogen-bond acceptors (Lipinski definition) is 4. The van der Waals surface area contributed by atoms with Gasteiger partial charge in [0.15, 0.2) is 0 Å². The first-order chi connectivity index (χ1) is 18.5. The zero-order chi connectivity index (χ0) is 26.3. The maximum atomic E-state index is 13.4. The molecule has 1 fully saturated rings. The number of nitrogens with one attached hydrogen (secondary N) is 1. The molecule has 1 N–H and O–H groups in total. The fraction of sp³-hybridized carbons (Fsp3) is 0.258. The molecule has 1 atom stereocenters. The Morgan fingerprint density at radius 1 is 1.03 bits per heavy atom. The summed E-state index contributed by atoms with van der Waals surface area (Å²) in [5.74, 6) is 0.00408. The fourth-order valence-corrected chi connectivity index (χ4v) is 4.70. The van der Waals surface area contributed by atoms with E-state index in [-0.39, 0.29) is 30.9 Å². The summed E-state index contributed by atoms with van der Waals surface area (Å²) < 4.78 is 7.66. The van der Waals surface area contributed by atoms with Gasteiger partial charge in [0, 0.05) is 30.6 Å². The van der Waals surface area contributed by atoms with Crippen molar-refractivity contribution in [3.63, 3.8) is 0 Å². The van der Waals surface area contributed by atoms with Crippen molar-refractivity contribution in [2.24, 2.45) is 0 Å². The van der Waals surface area contributed by atoms with E-state index < -0.39 is 0 Å². The van der Waals surface area contributed by atoms with Crippen LogP contribution in [0, 0.1) is 6.92 Å². The third-order valence-electron chi connectivity index (χ3n) is 6.64. The van der Waals surface area contributed by atoms with E-state index in [0.29, 0.717) is 19.1 Å².